The number of carbonyl (C=O) groups is 6. The molecule has 3 heterocycles. The van der Waals surface area contributed by atoms with Crippen molar-refractivity contribution in [2.75, 3.05) is 11.9 Å². The van der Waals surface area contributed by atoms with Crippen molar-refractivity contribution in [1.82, 2.24) is 30.7 Å². The van der Waals surface area contributed by atoms with E-state index in [-0.39, 0.29) is 36.7 Å². The molecule has 1 saturated heterocycles. The van der Waals surface area contributed by atoms with Gasteiger partial charge in [-0.15, -0.1) is 5.10 Å². The van der Waals surface area contributed by atoms with Crippen LogP contribution in [0.4, 0.5) is 5.69 Å². The standard InChI is InChI=1S/C35H43N8O14P/c1-17-11-22(13-21-14-54-58(53,57-29(17)21)55-15-24-27(47)28(48)35(56-24)43-16-37-31(42-43)30(36)49)40-34(52)23(12-20-7-5-4-6-8-20)41-33(51)19(3)39-32(50)18(2)38-25(44)9-10-26(45)46/h4-8,11,13,16,18-19,23-24,27-28,35,47-48H,9-10,12,14-15H2,1-3H3,(H2,36,49)(H,38,44)(H,39,50)(H,40,52)(H,41,51)(H,45,46). The molecule has 2 aromatic carbocycles. The number of aliphatic hydroxyl groups excluding tert-OH is 2. The van der Waals surface area contributed by atoms with E-state index in [2.05, 4.69) is 31.3 Å². The quantitative estimate of drug-likeness (QED) is 0.0801. The highest BCUT2D eigenvalue weighted by Crippen LogP contribution is 2.56. The molecule has 9 N–H and O–H groups in total. The van der Waals surface area contributed by atoms with Gasteiger partial charge in [0.15, 0.2) is 6.23 Å². The summed E-state index contributed by atoms with van der Waals surface area (Å²) in [4.78, 5) is 77.4. The monoisotopic (exact) mass is 830 g/mol. The second-order valence-corrected chi connectivity index (χ2v) is 15.1. The fourth-order valence-corrected chi connectivity index (χ4v) is 7.15. The number of fused-ring (bicyclic) bond motifs is 1. The minimum absolute atomic E-state index is 0.0657. The van der Waals surface area contributed by atoms with Gasteiger partial charge in [-0.3, -0.25) is 37.8 Å². The van der Waals surface area contributed by atoms with Gasteiger partial charge in [0.05, 0.1) is 19.6 Å². The molecule has 0 saturated carbocycles. The van der Waals surface area contributed by atoms with Crippen LogP contribution in [0.5, 0.6) is 5.75 Å². The maximum absolute atomic E-state index is 13.7. The van der Waals surface area contributed by atoms with Gasteiger partial charge in [0.25, 0.3) is 5.91 Å². The van der Waals surface area contributed by atoms with E-state index >= 15 is 0 Å². The van der Waals surface area contributed by atoms with E-state index in [4.69, 9.17) is 29.1 Å². The number of benzene rings is 2. The molecular formula is C35H43N8O14P. The van der Waals surface area contributed by atoms with Crippen LogP contribution in [-0.4, -0.2) is 109 Å². The Labute approximate surface area is 330 Å². The lowest BCUT2D eigenvalue weighted by atomic mass is 10.0. The summed E-state index contributed by atoms with van der Waals surface area (Å²) >= 11 is 0. The smallest absolute Gasteiger partial charge is 0.481 e. The van der Waals surface area contributed by atoms with E-state index in [1.54, 1.807) is 37.3 Å². The Balaban J connectivity index is 1.20. The molecule has 0 aliphatic carbocycles. The second kappa shape index (κ2) is 18.7. The van der Waals surface area contributed by atoms with Crippen molar-refractivity contribution in [3.05, 3.63) is 71.3 Å². The molecule has 22 nitrogen and oxygen atoms in total. The Morgan fingerprint density at radius 2 is 1.67 bits per heavy atom. The number of aliphatic hydroxyl groups is 2. The topological polar surface area (TPSA) is 322 Å². The third kappa shape index (κ3) is 11.0. The molecule has 0 radical (unpaired) electrons. The molecule has 0 spiro atoms. The Kier molecular flexibility index (Phi) is 13.9. The average Bonchev–Trinajstić information content (AvgIpc) is 3.78. The number of hydrogen-bond acceptors (Lipinski definition) is 15. The van der Waals surface area contributed by atoms with Crippen molar-refractivity contribution >= 4 is 49.0 Å². The molecule has 8 atom stereocenters. The minimum atomic E-state index is -4.30. The van der Waals surface area contributed by atoms with Gasteiger partial charge in [0.2, 0.25) is 29.5 Å². The van der Waals surface area contributed by atoms with Crippen molar-refractivity contribution in [1.29, 1.82) is 0 Å². The largest absolute Gasteiger partial charge is 0.530 e. The van der Waals surface area contributed by atoms with Gasteiger partial charge in [-0.05, 0) is 44.0 Å². The number of aliphatic carboxylic acids is 1. The number of hydrogen-bond donors (Lipinski definition) is 8. The predicted molar refractivity (Wildman–Crippen MR) is 197 cm³/mol. The molecule has 312 valence electrons. The van der Waals surface area contributed by atoms with Crippen molar-refractivity contribution < 1.29 is 67.0 Å². The number of nitrogens with zero attached hydrogens (tertiary/aromatic N) is 3. The zero-order valence-corrected chi connectivity index (χ0v) is 32.3. The first-order valence-corrected chi connectivity index (χ1v) is 19.3. The number of carboxylic acids is 1. The summed E-state index contributed by atoms with van der Waals surface area (Å²) in [5.41, 5.74) is 6.97. The van der Waals surface area contributed by atoms with Crippen LogP contribution in [0.15, 0.2) is 48.8 Å². The number of phosphoric ester groups is 1. The van der Waals surface area contributed by atoms with Crippen LogP contribution in [0.3, 0.4) is 0 Å². The zero-order valence-electron chi connectivity index (χ0n) is 31.4. The Hall–Kier alpha value is -5.77. The van der Waals surface area contributed by atoms with Gasteiger partial charge in [-0.25, -0.2) is 14.2 Å². The van der Waals surface area contributed by atoms with Crippen LogP contribution in [0.2, 0.25) is 0 Å². The average molecular weight is 831 g/mol. The molecule has 58 heavy (non-hydrogen) atoms. The minimum Gasteiger partial charge on any atom is -0.481 e. The summed E-state index contributed by atoms with van der Waals surface area (Å²) in [6.45, 7) is 3.55. The zero-order chi connectivity index (χ0) is 42.3. The van der Waals surface area contributed by atoms with E-state index in [1.165, 1.54) is 26.0 Å². The van der Waals surface area contributed by atoms with Crippen molar-refractivity contribution in [2.24, 2.45) is 5.73 Å². The predicted octanol–water partition coefficient (Wildman–Crippen LogP) is -0.421. The summed E-state index contributed by atoms with van der Waals surface area (Å²) in [6, 6.07) is 8.54. The van der Waals surface area contributed by atoms with E-state index < -0.39 is 99.0 Å². The van der Waals surface area contributed by atoms with Gasteiger partial charge in [0, 0.05) is 24.1 Å². The summed E-state index contributed by atoms with van der Waals surface area (Å²) in [7, 11) is -4.30. The molecule has 8 unspecified atom stereocenters. The lowest BCUT2D eigenvalue weighted by Crippen LogP contribution is -2.55. The summed E-state index contributed by atoms with van der Waals surface area (Å²) in [6.07, 6.45) is -5.14. The number of phosphoric acid groups is 1. The Morgan fingerprint density at radius 3 is 2.34 bits per heavy atom. The number of carboxylic acid groups (broad SMARTS) is 1. The number of aromatic nitrogens is 3. The van der Waals surface area contributed by atoms with Crippen LogP contribution >= 0.6 is 7.82 Å². The number of nitrogens with two attached hydrogens (primary N) is 1. The number of aryl methyl sites for hydroxylation is 1. The highest BCUT2D eigenvalue weighted by atomic mass is 31.2. The number of primary amides is 1. The van der Waals surface area contributed by atoms with E-state index in [9.17, 15) is 43.5 Å². The molecule has 5 amide bonds. The molecule has 23 heteroatoms. The SMILES string of the molecule is Cc1cc(NC(=O)C(Cc2ccccc2)NC(=O)C(C)NC(=O)C(C)NC(=O)CCC(=O)O)cc2c1OP(=O)(OCC1OC(n3cnc(C(N)=O)n3)C(O)C1O)OC2. The van der Waals surface area contributed by atoms with Crippen molar-refractivity contribution in [2.45, 2.75) is 89.3 Å². The first kappa shape index (κ1) is 43.4. The molecular weight excluding hydrogens is 787 g/mol. The summed E-state index contributed by atoms with van der Waals surface area (Å²) in [5, 5.41) is 43.9. The number of rotatable bonds is 17. The van der Waals surface area contributed by atoms with Crippen LogP contribution in [-0.2, 0) is 55.3 Å². The number of amides is 5. The third-order valence-electron chi connectivity index (χ3n) is 8.93. The van der Waals surface area contributed by atoms with Gasteiger partial charge in [0.1, 0.15) is 48.5 Å². The number of carbonyl (C=O) groups excluding carboxylic acids is 5. The van der Waals surface area contributed by atoms with Gasteiger partial charge < -0.3 is 51.6 Å². The summed E-state index contributed by atoms with van der Waals surface area (Å²) < 4.78 is 36.7. The number of ether oxygens (including phenoxy) is 1. The van der Waals surface area contributed by atoms with E-state index in [0.29, 0.717) is 16.7 Å². The molecule has 2 aliphatic heterocycles. The fraction of sp³-hybridized carbons (Fsp3) is 0.429. The summed E-state index contributed by atoms with van der Waals surface area (Å²) in [5.74, 6) is -4.96. The van der Waals surface area contributed by atoms with Crippen molar-refractivity contribution in [3.8, 4) is 5.75 Å². The normalized spacial score (nSPS) is 22.6. The lowest BCUT2D eigenvalue weighted by Gasteiger charge is -2.28. The van der Waals surface area contributed by atoms with Crippen molar-refractivity contribution in [3.63, 3.8) is 0 Å². The van der Waals surface area contributed by atoms with Gasteiger partial charge in [-0.1, -0.05) is 30.3 Å². The van der Waals surface area contributed by atoms with E-state index in [0.717, 1.165) is 11.0 Å². The molecule has 1 fully saturated rings. The Bertz CT molecular complexity index is 2080. The second-order valence-electron chi connectivity index (χ2n) is 13.5. The maximum Gasteiger partial charge on any atom is 0.530 e. The highest BCUT2D eigenvalue weighted by Gasteiger charge is 2.46. The van der Waals surface area contributed by atoms with Crippen LogP contribution in [0, 0.1) is 6.92 Å². The van der Waals surface area contributed by atoms with Crippen LogP contribution < -0.4 is 31.5 Å². The first-order chi connectivity index (χ1) is 27.4. The number of nitrogens with one attached hydrogen (secondary N) is 4. The molecule has 2 aliphatic rings. The van der Waals surface area contributed by atoms with Gasteiger partial charge >= 0.3 is 13.8 Å². The fourth-order valence-electron chi connectivity index (χ4n) is 5.86. The highest BCUT2D eigenvalue weighted by molar-refractivity contribution is 7.49. The molecule has 5 rings (SSSR count). The lowest BCUT2D eigenvalue weighted by molar-refractivity contribution is -0.139. The molecule has 0 bridgehead atoms. The Morgan fingerprint density at radius 1 is 0.983 bits per heavy atom. The first-order valence-electron chi connectivity index (χ1n) is 17.8. The van der Waals surface area contributed by atoms with E-state index in [1.807, 2.05) is 0 Å². The number of anilines is 1. The van der Waals surface area contributed by atoms with Gasteiger partial charge in [-0.2, -0.15) is 0 Å². The molecule has 1 aromatic heterocycles. The van der Waals surface area contributed by atoms with Crippen LogP contribution in [0.1, 0.15) is 60.2 Å². The molecule has 3 aromatic rings. The van der Waals surface area contributed by atoms with Crippen LogP contribution in [0.25, 0.3) is 0 Å². The third-order valence-corrected chi connectivity index (χ3v) is 10.2. The maximum atomic E-state index is 13.7.